The third-order valence-electron chi connectivity index (χ3n) is 6.18. The van der Waals surface area contributed by atoms with E-state index in [9.17, 15) is 0 Å². The lowest BCUT2D eigenvalue weighted by atomic mass is 9.73. The summed E-state index contributed by atoms with van der Waals surface area (Å²) >= 11 is 0. The van der Waals surface area contributed by atoms with E-state index in [0.717, 1.165) is 6.16 Å². The lowest BCUT2D eigenvalue weighted by Crippen LogP contribution is -2.30. The molecule has 0 bridgehead atoms. The molecule has 4 atom stereocenters. The molecule has 146 valence electrons. The van der Waals surface area contributed by atoms with Crippen molar-refractivity contribution in [3.63, 3.8) is 0 Å². The Kier molecular flexibility index (Phi) is 6.20. The lowest BCUT2D eigenvalue weighted by Gasteiger charge is -2.43. The van der Waals surface area contributed by atoms with Gasteiger partial charge in [-0.2, -0.15) is 0 Å². The molecule has 0 aromatic heterocycles. The summed E-state index contributed by atoms with van der Waals surface area (Å²) in [6, 6.07) is 18.4. The third-order valence-corrected chi connectivity index (χ3v) is 10.3. The predicted octanol–water partition coefficient (Wildman–Crippen LogP) is 7.80. The van der Waals surface area contributed by atoms with Crippen LogP contribution in [0.5, 0.6) is 0 Å². The third kappa shape index (κ3) is 4.49. The van der Waals surface area contributed by atoms with Crippen molar-refractivity contribution in [1.29, 1.82) is 0 Å². The van der Waals surface area contributed by atoms with Crippen molar-refractivity contribution in [3.8, 4) is 0 Å². The molecule has 0 amide bonds. The van der Waals surface area contributed by atoms with E-state index < -0.39 is 0 Å². The highest BCUT2D eigenvalue weighted by molar-refractivity contribution is 7.59. The normalized spacial score (nSPS) is 21.1. The molecule has 0 aliphatic carbocycles. The van der Waals surface area contributed by atoms with Crippen molar-refractivity contribution in [2.75, 3.05) is 0 Å². The average Bonchev–Trinajstić information content (AvgIpc) is 2.98. The Bertz CT molecular complexity index is 779. The van der Waals surface area contributed by atoms with E-state index >= 15 is 0 Å². The van der Waals surface area contributed by atoms with Gasteiger partial charge in [-0.15, -0.1) is 9.24 Å². The highest BCUT2D eigenvalue weighted by Crippen LogP contribution is 2.71. The first-order chi connectivity index (χ1) is 12.6. The van der Waals surface area contributed by atoms with Crippen molar-refractivity contribution in [3.05, 3.63) is 70.8 Å². The SMILES string of the molecule is CC(C)(C)C(Cc1ccccc1CP)[C@@H]1c2ccccc2CP1C(C)(C)C. The van der Waals surface area contributed by atoms with E-state index in [2.05, 4.69) is 99.3 Å². The number of hydrogen-bond donors (Lipinski definition) is 0. The van der Waals surface area contributed by atoms with E-state index in [-0.39, 0.29) is 13.3 Å². The molecule has 0 nitrogen and oxygen atoms in total. The summed E-state index contributed by atoms with van der Waals surface area (Å²) in [6.45, 7) is 14.8. The molecular weight excluding hydrogens is 362 g/mol. The highest BCUT2D eigenvalue weighted by atomic mass is 31.1. The van der Waals surface area contributed by atoms with Crippen LogP contribution < -0.4 is 0 Å². The van der Waals surface area contributed by atoms with Crippen LogP contribution in [0.2, 0.25) is 0 Å². The van der Waals surface area contributed by atoms with Gasteiger partial charge in [-0.05, 0) is 57.5 Å². The van der Waals surface area contributed by atoms with Crippen molar-refractivity contribution in [1.82, 2.24) is 0 Å². The van der Waals surface area contributed by atoms with Crippen molar-refractivity contribution >= 4 is 17.2 Å². The lowest BCUT2D eigenvalue weighted by molar-refractivity contribution is 0.230. The summed E-state index contributed by atoms with van der Waals surface area (Å²) in [4.78, 5) is 0. The topological polar surface area (TPSA) is 0 Å². The van der Waals surface area contributed by atoms with Crippen LogP contribution in [0.4, 0.5) is 0 Å². The second-order valence-corrected chi connectivity index (χ2v) is 13.7. The van der Waals surface area contributed by atoms with Gasteiger partial charge in [0.05, 0.1) is 0 Å². The fourth-order valence-electron chi connectivity index (χ4n) is 4.59. The van der Waals surface area contributed by atoms with Crippen LogP contribution in [0.1, 0.15) is 69.5 Å². The first kappa shape index (κ1) is 21.0. The molecule has 3 rings (SSSR count). The largest absolute Gasteiger partial charge is 0.133 e. The van der Waals surface area contributed by atoms with Crippen LogP contribution >= 0.6 is 17.2 Å². The van der Waals surface area contributed by atoms with Crippen LogP contribution in [-0.4, -0.2) is 5.16 Å². The molecule has 0 spiro atoms. The summed E-state index contributed by atoms with van der Waals surface area (Å²) in [7, 11) is 2.82. The summed E-state index contributed by atoms with van der Waals surface area (Å²) < 4.78 is 0. The fraction of sp³-hybridized carbons (Fsp3) is 0.520. The van der Waals surface area contributed by atoms with Crippen molar-refractivity contribution in [2.45, 2.75) is 71.1 Å². The first-order valence-electron chi connectivity index (χ1n) is 10.2. The highest BCUT2D eigenvalue weighted by Gasteiger charge is 2.46. The molecule has 0 fully saturated rings. The van der Waals surface area contributed by atoms with Gasteiger partial charge in [-0.3, -0.25) is 0 Å². The molecule has 27 heavy (non-hydrogen) atoms. The van der Waals surface area contributed by atoms with Crippen LogP contribution in [0.3, 0.4) is 0 Å². The van der Waals surface area contributed by atoms with Crippen molar-refractivity contribution in [2.24, 2.45) is 11.3 Å². The maximum Gasteiger partial charge on any atom is 0.00887 e. The van der Waals surface area contributed by atoms with Crippen LogP contribution in [0.25, 0.3) is 0 Å². The van der Waals surface area contributed by atoms with Gasteiger partial charge in [0.1, 0.15) is 0 Å². The Morgan fingerprint density at radius 3 is 2.11 bits per heavy atom. The molecule has 0 saturated carbocycles. The quantitative estimate of drug-likeness (QED) is 0.461. The molecule has 1 aliphatic heterocycles. The molecule has 2 aromatic carbocycles. The molecule has 2 aromatic rings. The minimum absolute atomic E-state index is 0.0954. The standard InChI is InChI=1S/C25H36P2/c1-24(2,3)22(15-18-11-7-8-12-19(18)16-26)23-21-14-10-9-13-20(21)17-27(23)25(4,5)6/h7-14,22-23H,15-17,26H2,1-6H3/t22?,23-,27?/m0/s1. The number of rotatable bonds is 4. The van der Waals surface area contributed by atoms with Gasteiger partial charge in [-0.1, -0.05) is 98.0 Å². The summed E-state index contributed by atoms with van der Waals surface area (Å²) in [6.07, 6.45) is 3.52. The molecule has 0 N–H and O–H groups in total. The summed E-state index contributed by atoms with van der Waals surface area (Å²) in [5, 5.41) is 0.378. The first-order valence-corrected chi connectivity index (χ1v) is 12.7. The van der Waals surface area contributed by atoms with E-state index in [4.69, 9.17) is 0 Å². The maximum absolute atomic E-state index is 2.92. The van der Waals surface area contributed by atoms with Crippen molar-refractivity contribution < 1.29 is 0 Å². The Labute approximate surface area is 170 Å². The van der Waals surface area contributed by atoms with Gasteiger partial charge in [-0.25, -0.2) is 0 Å². The fourth-order valence-corrected chi connectivity index (χ4v) is 8.72. The maximum atomic E-state index is 2.92. The van der Waals surface area contributed by atoms with Crippen LogP contribution in [-0.2, 0) is 18.7 Å². The second-order valence-electron chi connectivity index (χ2n) is 10.1. The molecule has 1 aliphatic rings. The molecule has 2 heteroatoms. The van der Waals surface area contributed by atoms with Crippen LogP contribution in [0.15, 0.2) is 48.5 Å². The second kappa shape index (κ2) is 7.97. The van der Waals surface area contributed by atoms with E-state index in [1.165, 1.54) is 18.1 Å². The number of fused-ring (bicyclic) bond motifs is 1. The zero-order chi connectivity index (χ0) is 19.8. The minimum Gasteiger partial charge on any atom is -0.133 e. The minimum atomic E-state index is -0.0954. The van der Waals surface area contributed by atoms with E-state index in [0.29, 0.717) is 16.7 Å². The Hall–Kier alpha value is -0.700. The Balaban J connectivity index is 2.08. The van der Waals surface area contributed by atoms with Gasteiger partial charge in [0.25, 0.3) is 0 Å². The summed E-state index contributed by atoms with van der Waals surface area (Å²) in [5.74, 6) is 0.657. The zero-order valence-electron chi connectivity index (χ0n) is 17.9. The Morgan fingerprint density at radius 1 is 0.926 bits per heavy atom. The zero-order valence-corrected chi connectivity index (χ0v) is 20.0. The average molecular weight is 399 g/mol. The van der Waals surface area contributed by atoms with Gasteiger partial charge in [0, 0.05) is 5.66 Å². The van der Waals surface area contributed by atoms with Gasteiger partial charge >= 0.3 is 0 Å². The molecule has 3 unspecified atom stereocenters. The number of benzene rings is 2. The molecule has 0 radical (unpaired) electrons. The monoisotopic (exact) mass is 398 g/mol. The van der Waals surface area contributed by atoms with Crippen LogP contribution in [0, 0.1) is 11.3 Å². The molecule has 1 heterocycles. The number of hydrogen-bond acceptors (Lipinski definition) is 0. The van der Waals surface area contributed by atoms with Gasteiger partial charge in [0.15, 0.2) is 0 Å². The predicted molar refractivity (Wildman–Crippen MR) is 126 cm³/mol. The molecular formula is C25H36P2. The van der Waals surface area contributed by atoms with Gasteiger partial charge in [0.2, 0.25) is 0 Å². The van der Waals surface area contributed by atoms with E-state index in [1.807, 2.05) is 0 Å². The van der Waals surface area contributed by atoms with E-state index in [1.54, 1.807) is 16.7 Å². The summed E-state index contributed by atoms with van der Waals surface area (Å²) in [5.41, 5.74) is 7.25. The Morgan fingerprint density at radius 2 is 1.52 bits per heavy atom. The smallest absolute Gasteiger partial charge is 0.00887 e. The molecule has 0 saturated heterocycles. The van der Waals surface area contributed by atoms with Gasteiger partial charge < -0.3 is 0 Å².